The molecule has 3 aromatic rings. The molecular formula is C24H22F2O6S2. The first-order chi connectivity index (χ1) is 16.0. The lowest BCUT2D eigenvalue weighted by Gasteiger charge is -2.19. The van der Waals surface area contributed by atoms with Crippen molar-refractivity contribution >= 4 is 27.0 Å². The molecule has 0 heterocycles. The molecular weight excluding hydrogens is 486 g/mol. The van der Waals surface area contributed by atoms with Gasteiger partial charge in [-0.2, -0.15) is 8.78 Å². The number of hydrogen-bond donors (Lipinski definition) is 1. The normalized spacial score (nSPS) is 11.4. The number of carbonyl (C=O) groups is 1. The van der Waals surface area contributed by atoms with Crippen molar-refractivity contribution in [2.75, 3.05) is 13.2 Å². The summed E-state index contributed by atoms with van der Waals surface area (Å²) >= 11 is 0. The molecule has 0 bridgehead atoms. The Morgan fingerprint density at radius 3 is 1.53 bits per heavy atom. The van der Waals surface area contributed by atoms with Crippen LogP contribution in [0.25, 0.3) is 0 Å². The Morgan fingerprint density at radius 1 is 0.882 bits per heavy atom. The second-order valence-corrected chi connectivity index (χ2v) is 10.3. The number of carboxylic acids is 1. The van der Waals surface area contributed by atoms with Crippen molar-refractivity contribution in [2.45, 2.75) is 19.9 Å². The second kappa shape index (κ2) is 12.4. The fourth-order valence-corrected chi connectivity index (χ4v) is 4.84. The van der Waals surface area contributed by atoms with Gasteiger partial charge < -0.3 is 14.4 Å². The van der Waals surface area contributed by atoms with Crippen molar-refractivity contribution in [1.82, 2.24) is 0 Å². The predicted octanol–water partition coefficient (Wildman–Crippen LogP) is 4.56. The minimum atomic E-state index is -5.81. The van der Waals surface area contributed by atoms with Crippen LogP contribution in [0.2, 0.25) is 0 Å². The van der Waals surface area contributed by atoms with Crippen LogP contribution in [0.15, 0.2) is 118 Å². The summed E-state index contributed by atoms with van der Waals surface area (Å²) in [6, 6.07) is 32.2. The molecule has 0 spiro atoms. The Bertz CT molecular complexity index is 1080. The Kier molecular flexibility index (Phi) is 9.94. The summed E-state index contributed by atoms with van der Waals surface area (Å²) in [6.45, 7) is 0.444. The SMILES string of the molecule is C=C(COCC(F)(F)S(=O)(=O)[O-])C(=O)O.c1ccc([S+](c2ccccc2)c2ccccc2)cc1. The largest absolute Gasteiger partial charge is 0.743 e. The van der Waals surface area contributed by atoms with Crippen LogP contribution in [0.5, 0.6) is 0 Å². The van der Waals surface area contributed by atoms with Crippen molar-refractivity contribution < 1.29 is 36.4 Å². The van der Waals surface area contributed by atoms with Crippen LogP contribution in [0.4, 0.5) is 8.78 Å². The van der Waals surface area contributed by atoms with Crippen molar-refractivity contribution in [1.29, 1.82) is 0 Å². The Balaban J connectivity index is 0.000000249. The summed E-state index contributed by atoms with van der Waals surface area (Å²) in [4.78, 5) is 14.2. The summed E-state index contributed by atoms with van der Waals surface area (Å²) in [5.41, 5.74) is -0.533. The van der Waals surface area contributed by atoms with E-state index in [0.29, 0.717) is 0 Å². The van der Waals surface area contributed by atoms with Gasteiger partial charge >= 0.3 is 11.2 Å². The van der Waals surface area contributed by atoms with Crippen LogP contribution >= 0.6 is 0 Å². The maximum atomic E-state index is 12.4. The summed E-state index contributed by atoms with van der Waals surface area (Å²) in [5, 5.41) is 3.65. The Labute approximate surface area is 199 Å². The molecule has 6 nitrogen and oxygen atoms in total. The molecule has 0 aliphatic heterocycles. The highest BCUT2D eigenvalue weighted by molar-refractivity contribution is 7.97. The Morgan fingerprint density at radius 2 is 1.24 bits per heavy atom. The maximum absolute atomic E-state index is 12.4. The van der Waals surface area contributed by atoms with Gasteiger partial charge in [-0.1, -0.05) is 61.2 Å². The topological polar surface area (TPSA) is 104 Å². The van der Waals surface area contributed by atoms with Gasteiger partial charge in [0.25, 0.3) is 0 Å². The molecule has 0 saturated carbocycles. The smallest absolute Gasteiger partial charge is 0.357 e. The molecule has 0 aliphatic carbocycles. The number of ether oxygens (including phenoxy) is 1. The van der Waals surface area contributed by atoms with E-state index in [-0.39, 0.29) is 10.9 Å². The quantitative estimate of drug-likeness (QED) is 0.258. The lowest BCUT2D eigenvalue weighted by atomic mass is 10.3. The van der Waals surface area contributed by atoms with Gasteiger partial charge in [-0.15, -0.1) is 0 Å². The van der Waals surface area contributed by atoms with Gasteiger partial charge in [-0.25, -0.2) is 13.2 Å². The molecule has 0 aliphatic rings. The van der Waals surface area contributed by atoms with Crippen molar-refractivity contribution in [3.8, 4) is 0 Å². The van der Waals surface area contributed by atoms with Gasteiger partial charge in [0, 0.05) is 0 Å². The van der Waals surface area contributed by atoms with E-state index in [2.05, 4.69) is 102 Å². The average Bonchev–Trinajstić information content (AvgIpc) is 2.81. The lowest BCUT2D eigenvalue weighted by Crippen LogP contribution is -2.34. The van der Waals surface area contributed by atoms with E-state index >= 15 is 0 Å². The van der Waals surface area contributed by atoms with Crippen LogP contribution in [0, 0.1) is 0 Å². The van der Waals surface area contributed by atoms with Crippen molar-refractivity contribution in [3.05, 3.63) is 103 Å². The summed E-state index contributed by atoms with van der Waals surface area (Å²) in [7, 11) is -5.82. The lowest BCUT2D eigenvalue weighted by molar-refractivity contribution is -0.133. The van der Waals surface area contributed by atoms with Crippen molar-refractivity contribution in [3.63, 3.8) is 0 Å². The molecule has 3 rings (SSSR count). The monoisotopic (exact) mass is 508 g/mol. The number of halogens is 2. The van der Waals surface area contributed by atoms with E-state index in [0.717, 1.165) is 0 Å². The zero-order valence-corrected chi connectivity index (χ0v) is 19.5. The van der Waals surface area contributed by atoms with E-state index in [1.807, 2.05) is 0 Å². The van der Waals surface area contributed by atoms with Crippen LogP contribution in [-0.4, -0.2) is 42.5 Å². The zero-order chi connectivity index (χ0) is 25.2. The van der Waals surface area contributed by atoms with Crippen molar-refractivity contribution in [2.24, 2.45) is 0 Å². The number of alkyl halides is 2. The maximum Gasteiger partial charge on any atom is 0.357 e. The first-order valence-corrected chi connectivity index (χ1v) is 12.4. The standard InChI is InChI=1S/C18H15S.C6H8F2O6S/c1-4-10-16(11-5-1)19(17-12-6-2-7-13-17)18-14-8-3-9-15-18;1-4(5(9)10)2-14-3-6(7,8)15(11,12)13/h1-15H;1-3H2,(H,9,10)(H,11,12,13)/q+1;/p-1. The molecule has 0 radical (unpaired) electrons. The zero-order valence-electron chi connectivity index (χ0n) is 17.8. The van der Waals surface area contributed by atoms with Gasteiger partial charge in [-0.3, -0.25) is 0 Å². The number of benzene rings is 3. The van der Waals surface area contributed by atoms with E-state index in [9.17, 15) is 26.5 Å². The molecule has 34 heavy (non-hydrogen) atoms. The van der Waals surface area contributed by atoms with Gasteiger partial charge in [0.05, 0.1) is 23.1 Å². The molecule has 0 fully saturated rings. The fourth-order valence-electron chi connectivity index (χ4n) is 2.50. The van der Waals surface area contributed by atoms with Gasteiger partial charge in [0.2, 0.25) is 0 Å². The molecule has 10 heteroatoms. The molecule has 0 unspecified atom stereocenters. The van der Waals surface area contributed by atoms with E-state index < -0.39 is 40.1 Å². The minimum Gasteiger partial charge on any atom is -0.743 e. The summed E-state index contributed by atoms with van der Waals surface area (Å²) < 4.78 is 58.6. The molecule has 3 aromatic carbocycles. The van der Waals surface area contributed by atoms with E-state index in [1.54, 1.807) is 0 Å². The third-order valence-electron chi connectivity index (χ3n) is 4.15. The minimum absolute atomic E-state index is 0.0146. The van der Waals surface area contributed by atoms with Gasteiger partial charge in [-0.05, 0) is 36.4 Å². The molecule has 180 valence electrons. The highest BCUT2D eigenvalue weighted by Gasteiger charge is 2.38. The molecule has 0 aromatic heterocycles. The predicted molar refractivity (Wildman–Crippen MR) is 124 cm³/mol. The number of rotatable bonds is 9. The van der Waals surface area contributed by atoms with Crippen LogP contribution in [-0.2, 0) is 30.5 Å². The highest BCUT2D eigenvalue weighted by Crippen LogP contribution is 2.30. The number of hydrogen-bond acceptors (Lipinski definition) is 5. The number of aliphatic carboxylic acids is 1. The fraction of sp³-hybridized carbons (Fsp3) is 0.125. The summed E-state index contributed by atoms with van der Waals surface area (Å²) in [6.07, 6.45) is 0. The highest BCUT2D eigenvalue weighted by atomic mass is 32.2. The molecule has 0 amide bonds. The molecule has 0 atom stereocenters. The molecule has 0 saturated heterocycles. The third-order valence-corrected chi connectivity index (χ3v) is 7.23. The van der Waals surface area contributed by atoms with Gasteiger partial charge in [0.1, 0.15) is 6.61 Å². The molecule has 1 N–H and O–H groups in total. The first-order valence-electron chi connectivity index (χ1n) is 9.74. The summed E-state index contributed by atoms with van der Waals surface area (Å²) in [5.74, 6) is -1.47. The Hall–Kier alpha value is -3.05. The van der Waals surface area contributed by atoms with Crippen LogP contribution in [0.1, 0.15) is 0 Å². The van der Waals surface area contributed by atoms with Gasteiger partial charge in [0.15, 0.2) is 24.8 Å². The third kappa shape index (κ3) is 8.07. The van der Waals surface area contributed by atoms with Crippen LogP contribution < -0.4 is 0 Å². The average molecular weight is 509 g/mol. The van der Waals surface area contributed by atoms with E-state index in [1.165, 1.54) is 14.7 Å². The van der Waals surface area contributed by atoms with Crippen LogP contribution in [0.3, 0.4) is 0 Å². The van der Waals surface area contributed by atoms with E-state index in [4.69, 9.17) is 5.11 Å². The first kappa shape index (κ1) is 27.2. The second-order valence-electron chi connectivity index (χ2n) is 6.74. The number of carboxylic acid groups (broad SMARTS) is 1.